The predicted octanol–water partition coefficient (Wildman–Crippen LogP) is 2.31. The summed E-state index contributed by atoms with van der Waals surface area (Å²) in [5.41, 5.74) is -0.562. The first-order valence-electron chi connectivity index (χ1n) is 10.3. The number of hydrogen-bond acceptors (Lipinski definition) is 6. The number of anilines is 1. The molecule has 4 amide bonds. The zero-order chi connectivity index (χ0) is 22.8. The molecule has 0 bridgehead atoms. The molecule has 9 nitrogen and oxygen atoms in total. The number of carbonyl (C=O) groups excluding carboxylic acids is 4. The third kappa shape index (κ3) is 5.15. The van der Waals surface area contributed by atoms with Crippen LogP contribution < -0.4 is 15.4 Å². The Morgan fingerprint density at radius 1 is 1.19 bits per heavy atom. The van der Waals surface area contributed by atoms with E-state index < -0.39 is 42.5 Å². The lowest BCUT2D eigenvalue weighted by atomic mass is 9.64. The van der Waals surface area contributed by atoms with Crippen molar-refractivity contribution in [2.45, 2.75) is 45.6 Å². The van der Waals surface area contributed by atoms with Crippen LogP contribution in [0, 0.1) is 11.3 Å². The molecule has 2 N–H and O–H groups in total. The number of ether oxygens (including phenoxy) is 2. The molecule has 2 fully saturated rings. The van der Waals surface area contributed by atoms with Crippen LogP contribution in [-0.4, -0.2) is 54.5 Å². The fourth-order valence-corrected chi connectivity index (χ4v) is 4.84. The van der Waals surface area contributed by atoms with Gasteiger partial charge in [-0.25, -0.2) is 4.79 Å². The molecule has 0 unspecified atom stereocenters. The van der Waals surface area contributed by atoms with Crippen LogP contribution in [0.3, 0.4) is 0 Å². The number of nitrogens with zero attached hydrogens (tertiary/aromatic N) is 1. The summed E-state index contributed by atoms with van der Waals surface area (Å²) >= 11 is 0. The van der Waals surface area contributed by atoms with Crippen molar-refractivity contribution in [3.8, 4) is 5.75 Å². The van der Waals surface area contributed by atoms with Gasteiger partial charge in [0.1, 0.15) is 17.8 Å². The highest BCUT2D eigenvalue weighted by atomic mass is 16.5. The zero-order valence-corrected chi connectivity index (χ0v) is 18.3. The molecular formula is C22H29N3O6. The Bertz CT molecular complexity index is 882. The van der Waals surface area contributed by atoms with Crippen molar-refractivity contribution < 1.29 is 28.7 Å². The van der Waals surface area contributed by atoms with Crippen molar-refractivity contribution >= 4 is 29.5 Å². The van der Waals surface area contributed by atoms with Crippen LogP contribution in [-0.2, 0) is 19.1 Å². The van der Waals surface area contributed by atoms with Crippen LogP contribution >= 0.6 is 0 Å². The number of imide groups is 1. The van der Waals surface area contributed by atoms with Crippen molar-refractivity contribution in [2.75, 3.05) is 25.6 Å². The van der Waals surface area contributed by atoms with Crippen LogP contribution in [0.25, 0.3) is 0 Å². The van der Waals surface area contributed by atoms with E-state index >= 15 is 0 Å². The number of amides is 4. The minimum absolute atomic E-state index is 0.101. The second-order valence-corrected chi connectivity index (χ2v) is 9.20. The van der Waals surface area contributed by atoms with Crippen molar-refractivity contribution in [3.05, 3.63) is 24.3 Å². The molecule has 1 aliphatic heterocycles. The largest absolute Gasteiger partial charge is 0.497 e. The normalized spacial score (nSPS) is 24.6. The Kier molecular flexibility index (Phi) is 6.24. The number of hydrogen-bond donors (Lipinski definition) is 2. The molecule has 1 aliphatic carbocycles. The molecule has 2 aliphatic rings. The Balaban J connectivity index is 1.53. The summed E-state index contributed by atoms with van der Waals surface area (Å²) in [6.07, 6.45) is 2.02. The van der Waals surface area contributed by atoms with Gasteiger partial charge in [0.2, 0.25) is 0 Å². The predicted molar refractivity (Wildman–Crippen MR) is 112 cm³/mol. The van der Waals surface area contributed by atoms with E-state index in [1.807, 2.05) is 0 Å². The average molecular weight is 431 g/mol. The van der Waals surface area contributed by atoms with Gasteiger partial charge in [-0.15, -0.1) is 0 Å². The van der Waals surface area contributed by atoms with Crippen molar-refractivity contribution in [1.29, 1.82) is 0 Å². The number of benzene rings is 1. The highest BCUT2D eigenvalue weighted by molar-refractivity contribution is 6.09. The van der Waals surface area contributed by atoms with Gasteiger partial charge in [-0.1, -0.05) is 20.8 Å². The third-order valence-corrected chi connectivity index (χ3v) is 5.65. The van der Waals surface area contributed by atoms with E-state index in [2.05, 4.69) is 31.4 Å². The summed E-state index contributed by atoms with van der Waals surface area (Å²) in [5.74, 6) is -0.853. The van der Waals surface area contributed by atoms with Gasteiger partial charge in [-0.2, -0.15) is 0 Å². The lowest BCUT2D eigenvalue weighted by molar-refractivity contribution is -0.150. The van der Waals surface area contributed by atoms with Gasteiger partial charge in [0, 0.05) is 5.69 Å². The molecule has 168 valence electrons. The first-order chi connectivity index (χ1) is 14.5. The fraction of sp³-hybridized carbons (Fsp3) is 0.545. The standard InChI is InChI=1S/C22H29N3O6/c1-14-9-21(2,3)13-22(10-14)19(28)25(20(29)24-22)11-18(27)31-12-17(26)23-15-5-7-16(30-4)8-6-15/h5-8,14H,9-13H2,1-4H3,(H,23,26)(H,24,29)/t14-,22-/m0/s1. The summed E-state index contributed by atoms with van der Waals surface area (Å²) in [7, 11) is 1.54. The molecule has 0 aromatic heterocycles. The summed E-state index contributed by atoms with van der Waals surface area (Å²) < 4.78 is 10.0. The summed E-state index contributed by atoms with van der Waals surface area (Å²) in [4.78, 5) is 50.6. The first kappa shape index (κ1) is 22.6. The van der Waals surface area contributed by atoms with E-state index in [1.165, 1.54) is 7.11 Å². The van der Waals surface area contributed by atoms with Gasteiger partial charge < -0.3 is 20.1 Å². The van der Waals surface area contributed by atoms with Gasteiger partial charge in [0.05, 0.1) is 7.11 Å². The molecule has 1 spiro atoms. The highest BCUT2D eigenvalue weighted by Crippen LogP contribution is 2.46. The number of nitrogens with one attached hydrogen (secondary N) is 2. The zero-order valence-electron chi connectivity index (χ0n) is 18.3. The molecule has 1 aromatic rings. The number of urea groups is 1. The lowest BCUT2D eigenvalue weighted by Crippen LogP contribution is -2.54. The quantitative estimate of drug-likeness (QED) is 0.528. The number of esters is 1. The molecule has 2 atom stereocenters. The van der Waals surface area contributed by atoms with E-state index in [-0.39, 0.29) is 11.3 Å². The maximum absolute atomic E-state index is 13.0. The monoisotopic (exact) mass is 431 g/mol. The topological polar surface area (TPSA) is 114 Å². The van der Waals surface area contributed by atoms with Gasteiger partial charge >= 0.3 is 12.0 Å². The molecule has 0 radical (unpaired) electrons. The summed E-state index contributed by atoms with van der Waals surface area (Å²) in [6.45, 7) is 5.14. The second kappa shape index (κ2) is 8.56. The molecule has 1 aromatic carbocycles. The third-order valence-electron chi connectivity index (χ3n) is 5.65. The Morgan fingerprint density at radius 3 is 2.48 bits per heavy atom. The number of methoxy groups -OCH3 is 1. The average Bonchev–Trinajstić information content (AvgIpc) is 2.88. The molecule has 1 saturated heterocycles. The van der Waals surface area contributed by atoms with Crippen LogP contribution in [0.2, 0.25) is 0 Å². The number of carbonyl (C=O) groups is 4. The SMILES string of the molecule is COc1ccc(NC(=O)COC(=O)CN2C(=O)N[C@]3(C[C@@H](C)CC(C)(C)C3)C2=O)cc1. The van der Waals surface area contributed by atoms with E-state index in [1.54, 1.807) is 24.3 Å². The second-order valence-electron chi connectivity index (χ2n) is 9.20. The highest BCUT2D eigenvalue weighted by Gasteiger charge is 2.56. The van der Waals surface area contributed by atoms with Crippen LogP contribution in [0.1, 0.15) is 40.0 Å². The van der Waals surface area contributed by atoms with E-state index in [9.17, 15) is 19.2 Å². The summed E-state index contributed by atoms with van der Waals surface area (Å²) in [5, 5.41) is 5.40. The molecule has 31 heavy (non-hydrogen) atoms. The van der Waals surface area contributed by atoms with Gasteiger partial charge in [-0.05, 0) is 54.9 Å². The molecule has 3 rings (SSSR count). The van der Waals surface area contributed by atoms with E-state index in [0.717, 1.165) is 11.3 Å². The van der Waals surface area contributed by atoms with Gasteiger partial charge in [-0.3, -0.25) is 19.3 Å². The Hall–Kier alpha value is -3.10. The maximum Gasteiger partial charge on any atom is 0.326 e. The van der Waals surface area contributed by atoms with Crippen molar-refractivity contribution in [2.24, 2.45) is 11.3 Å². The smallest absolute Gasteiger partial charge is 0.326 e. The van der Waals surface area contributed by atoms with Gasteiger partial charge in [0.25, 0.3) is 11.8 Å². The molecule has 1 heterocycles. The Labute approximate surface area is 181 Å². The first-order valence-corrected chi connectivity index (χ1v) is 10.3. The molecule has 9 heteroatoms. The Morgan fingerprint density at radius 2 is 1.87 bits per heavy atom. The van der Waals surface area contributed by atoms with E-state index in [0.29, 0.717) is 24.3 Å². The van der Waals surface area contributed by atoms with Crippen molar-refractivity contribution in [3.63, 3.8) is 0 Å². The minimum Gasteiger partial charge on any atom is -0.497 e. The lowest BCUT2D eigenvalue weighted by Gasteiger charge is -2.43. The van der Waals surface area contributed by atoms with Gasteiger partial charge in [0.15, 0.2) is 6.61 Å². The fourth-order valence-electron chi connectivity index (χ4n) is 4.84. The van der Waals surface area contributed by atoms with Crippen LogP contribution in [0.15, 0.2) is 24.3 Å². The molecule has 1 saturated carbocycles. The van der Waals surface area contributed by atoms with E-state index in [4.69, 9.17) is 9.47 Å². The molecular weight excluding hydrogens is 402 g/mol. The number of rotatable bonds is 6. The van der Waals surface area contributed by atoms with Crippen LogP contribution in [0.5, 0.6) is 5.75 Å². The van der Waals surface area contributed by atoms with Crippen LogP contribution in [0.4, 0.5) is 10.5 Å². The van der Waals surface area contributed by atoms with Crippen molar-refractivity contribution in [1.82, 2.24) is 10.2 Å². The summed E-state index contributed by atoms with van der Waals surface area (Å²) in [6, 6.07) is 6.07. The minimum atomic E-state index is -0.982. The maximum atomic E-state index is 13.0.